The maximum absolute atomic E-state index is 14.4. The number of carbonyl (C=O) groups excluding carboxylic acids is 1. The van der Waals surface area contributed by atoms with Gasteiger partial charge in [-0.15, -0.1) is 0 Å². The largest absolute Gasteiger partial charge is 0.389 e. The van der Waals surface area contributed by atoms with E-state index < -0.39 is 6.10 Å². The lowest BCUT2D eigenvalue weighted by Crippen LogP contribution is -2.49. The van der Waals surface area contributed by atoms with Crippen LogP contribution in [0, 0.1) is 19.7 Å². The minimum atomic E-state index is -0.689. The van der Waals surface area contributed by atoms with Crippen molar-refractivity contribution < 1.29 is 14.3 Å². The molecule has 1 amide bonds. The molecule has 0 bridgehead atoms. The zero-order valence-electron chi connectivity index (χ0n) is 15.5. The zero-order chi connectivity index (χ0) is 18.8. The van der Waals surface area contributed by atoms with Crippen molar-refractivity contribution >= 4 is 11.6 Å². The van der Waals surface area contributed by atoms with E-state index in [1.54, 1.807) is 19.1 Å². The van der Waals surface area contributed by atoms with Gasteiger partial charge >= 0.3 is 0 Å². The summed E-state index contributed by atoms with van der Waals surface area (Å²) in [5.41, 5.74) is 3.94. The topological polar surface area (TPSA) is 43.8 Å². The minimum Gasteiger partial charge on any atom is -0.389 e. The van der Waals surface area contributed by atoms with Gasteiger partial charge in [0.05, 0.1) is 11.8 Å². The van der Waals surface area contributed by atoms with E-state index in [-0.39, 0.29) is 11.7 Å². The molecule has 2 aromatic carbocycles. The van der Waals surface area contributed by atoms with Crippen molar-refractivity contribution in [2.45, 2.75) is 26.9 Å². The highest BCUT2D eigenvalue weighted by Gasteiger charge is 2.24. The number of aryl methyl sites for hydroxylation is 2. The molecular formula is C21H25FN2O2. The van der Waals surface area contributed by atoms with Gasteiger partial charge in [0.25, 0.3) is 5.91 Å². The molecule has 1 N–H and O–H groups in total. The number of anilines is 1. The second kappa shape index (κ2) is 7.46. The maximum atomic E-state index is 14.4. The van der Waals surface area contributed by atoms with E-state index in [4.69, 9.17) is 0 Å². The summed E-state index contributed by atoms with van der Waals surface area (Å²) in [6, 6.07) is 10.7. The van der Waals surface area contributed by atoms with Gasteiger partial charge in [-0.05, 0) is 50.1 Å². The number of aliphatic hydroxyl groups excluding tert-OH is 1. The van der Waals surface area contributed by atoms with Crippen molar-refractivity contribution in [1.29, 1.82) is 0 Å². The lowest BCUT2D eigenvalue weighted by atomic mass is 10.0. The Bertz CT molecular complexity index is 812. The van der Waals surface area contributed by atoms with Crippen LogP contribution in [0.5, 0.6) is 0 Å². The van der Waals surface area contributed by atoms with E-state index in [9.17, 15) is 14.3 Å². The number of amides is 1. The molecule has 26 heavy (non-hydrogen) atoms. The summed E-state index contributed by atoms with van der Waals surface area (Å²) in [5.74, 6) is -0.301. The summed E-state index contributed by atoms with van der Waals surface area (Å²) < 4.78 is 14.4. The number of piperazine rings is 1. The van der Waals surface area contributed by atoms with Crippen molar-refractivity contribution in [3.8, 4) is 0 Å². The molecule has 1 heterocycles. The predicted octanol–water partition coefficient (Wildman–Crippen LogP) is 3.46. The molecule has 1 atom stereocenters. The highest BCUT2D eigenvalue weighted by atomic mass is 19.1. The molecule has 0 aromatic heterocycles. The quantitative estimate of drug-likeness (QED) is 0.916. The van der Waals surface area contributed by atoms with Crippen LogP contribution in [0.4, 0.5) is 10.1 Å². The normalized spacial score (nSPS) is 15.9. The first-order valence-corrected chi connectivity index (χ1v) is 8.96. The van der Waals surface area contributed by atoms with Crippen LogP contribution in [0.3, 0.4) is 0 Å². The molecule has 138 valence electrons. The van der Waals surface area contributed by atoms with Gasteiger partial charge in [-0.25, -0.2) is 4.39 Å². The Morgan fingerprint density at radius 1 is 1.08 bits per heavy atom. The molecule has 0 radical (unpaired) electrons. The third-order valence-corrected chi connectivity index (χ3v) is 4.97. The zero-order valence-corrected chi connectivity index (χ0v) is 15.5. The van der Waals surface area contributed by atoms with Gasteiger partial charge in [-0.2, -0.15) is 0 Å². The monoisotopic (exact) mass is 356 g/mol. The summed E-state index contributed by atoms with van der Waals surface area (Å²) in [6.45, 7) is 7.87. The molecule has 2 aromatic rings. The van der Waals surface area contributed by atoms with Crippen LogP contribution in [-0.2, 0) is 0 Å². The van der Waals surface area contributed by atoms with Gasteiger partial charge in [0.1, 0.15) is 5.82 Å². The van der Waals surface area contributed by atoms with Gasteiger partial charge < -0.3 is 14.9 Å². The van der Waals surface area contributed by atoms with Crippen molar-refractivity contribution in [1.82, 2.24) is 4.90 Å². The Morgan fingerprint density at radius 2 is 1.77 bits per heavy atom. The molecule has 0 spiro atoms. The molecule has 1 saturated heterocycles. The second-order valence-corrected chi connectivity index (χ2v) is 6.98. The van der Waals surface area contributed by atoms with Crippen LogP contribution in [0.1, 0.15) is 40.1 Å². The van der Waals surface area contributed by atoms with Crippen LogP contribution >= 0.6 is 0 Å². The number of benzene rings is 2. The Kier molecular flexibility index (Phi) is 5.28. The molecule has 0 aliphatic carbocycles. The summed E-state index contributed by atoms with van der Waals surface area (Å²) in [4.78, 5) is 16.5. The predicted molar refractivity (Wildman–Crippen MR) is 101 cm³/mol. The lowest BCUT2D eigenvalue weighted by molar-refractivity contribution is 0.0746. The molecule has 3 rings (SSSR count). The fraction of sp³-hybridized carbons (Fsp3) is 0.381. The number of nitrogens with zero attached hydrogens (tertiary/aromatic N) is 2. The molecule has 1 unspecified atom stereocenters. The summed E-state index contributed by atoms with van der Waals surface area (Å²) >= 11 is 0. The number of rotatable bonds is 3. The Labute approximate surface area is 153 Å². The Hall–Kier alpha value is -2.40. The lowest BCUT2D eigenvalue weighted by Gasteiger charge is -2.36. The van der Waals surface area contributed by atoms with E-state index in [0.717, 1.165) is 16.7 Å². The average Bonchev–Trinajstić information content (AvgIpc) is 2.61. The van der Waals surface area contributed by atoms with Gasteiger partial charge in [-0.1, -0.05) is 23.8 Å². The second-order valence-electron chi connectivity index (χ2n) is 6.98. The molecule has 0 saturated carbocycles. The van der Waals surface area contributed by atoms with Crippen LogP contribution in [0.2, 0.25) is 0 Å². The van der Waals surface area contributed by atoms with E-state index >= 15 is 0 Å². The first-order valence-electron chi connectivity index (χ1n) is 8.96. The average molecular weight is 356 g/mol. The smallest absolute Gasteiger partial charge is 0.254 e. The number of carbonyl (C=O) groups is 1. The van der Waals surface area contributed by atoms with Gasteiger partial charge in [0.2, 0.25) is 0 Å². The highest BCUT2D eigenvalue weighted by Crippen LogP contribution is 2.25. The number of aliphatic hydroxyl groups is 1. The minimum absolute atomic E-state index is 0.0343. The Balaban J connectivity index is 1.68. The van der Waals surface area contributed by atoms with Gasteiger partial charge in [0, 0.05) is 31.7 Å². The first-order chi connectivity index (χ1) is 12.4. The van der Waals surface area contributed by atoms with Crippen molar-refractivity contribution in [2.75, 3.05) is 31.1 Å². The fourth-order valence-electron chi connectivity index (χ4n) is 3.41. The van der Waals surface area contributed by atoms with Crippen LogP contribution in [-0.4, -0.2) is 42.1 Å². The van der Waals surface area contributed by atoms with Gasteiger partial charge in [-0.3, -0.25) is 4.79 Å². The van der Waals surface area contributed by atoms with E-state index in [2.05, 4.69) is 0 Å². The summed E-state index contributed by atoms with van der Waals surface area (Å²) in [6.07, 6.45) is -0.689. The molecule has 4 nitrogen and oxygen atoms in total. The first kappa shape index (κ1) is 18.4. The van der Waals surface area contributed by atoms with Crippen LogP contribution in [0.15, 0.2) is 36.4 Å². The SMILES string of the molecule is Cc1ccc(C(=O)N2CCN(c3ccc(C(C)O)cc3F)CC2)c(C)c1. The Morgan fingerprint density at radius 3 is 2.35 bits per heavy atom. The third kappa shape index (κ3) is 3.73. The molecular weight excluding hydrogens is 331 g/mol. The van der Waals surface area contributed by atoms with Crippen LogP contribution < -0.4 is 4.90 Å². The van der Waals surface area contributed by atoms with E-state index in [1.807, 2.05) is 41.8 Å². The van der Waals surface area contributed by atoms with Crippen molar-refractivity contribution in [3.05, 3.63) is 64.5 Å². The standard InChI is InChI=1S/C21H25FN2O2/c1-14-4-6-18(15(2)12-14)21(26)24-10-8-23(9-11-24)20-7-5-17(16(3)25)13-19(20)22/h4-7,12-13,16,25H,8-11H2,1-3H3. The van der Waals surface area contributed by atoms with Crippen molar-refractivity contribution in [3.63, 3.8) is 0 Å². The van der Waals surface area contributed by atoms with Crippen molar-refractivity contribution in [2.24, 2.45) is 0 Å². The van der Waals surface area contributed by atoms with Gasteiger partial charge in [0.15, 0.2) is 0 Å². The van der Waals surface area contributed by atoms with E-state index in [1.165, 1.54) is 6.07 Å². The van der Waals surface area contributed by atoms with E-state index in [0.29, 0.717) is 37.4 Å². The third-order valence-electron chi connectivity index (χ3n) is 4.97. The summed E-state index contributed by atoms with van der Waals surface area (Å²) in [7, 11) is 0. The number of halogens is 1. The number of hydrogen-bond acceptors (Lipinski definition) is 3. The molecule has 1 aliphatic heterocycles. The maximum Gasteiger partial charge on any atom is 0.254 e. The molecule has 1 aliphatic rings. The van der Waals surface area contributed by atoms with Crippen LogP contribution in [0.25, 0.3) is 0 Å². The fourth-order valence-corrected chi connectivity index (χ4v) is 3.41. The molecule has 5 heteroatoms. The summed E-state index contributed by atoms with van der Waals surface area (Å²) in [5, 5.41) is 9.57. The number of hydrogen-bond donors (Lipinski definition) is 1. The molecule has 1 fully saturated rings. The highest BCUT2D eigenvalue weighted by molar-refractivity contribution is 5.95.